The summed E-state index contributed by atoms with van der Waals surface area (Å²) in [5.74, 6) is 1.84. The topological polar surface area (TPSA) is 17.1 Å². The van der Waals surface area contributed by atoms with Crippen molar-refractivity contribution in [2.45, 2.75) is 44.9 Å². The van der Waals surface area contributed by atoms with Crippen LogP contribution in [0.1, 0.15) is 44.9 Å². The Morgan fingerprint density at radius 1 is 1.00 bits per heavy atom. The second kappa shape index (κ2) is 2.96. The fourth-order valence-electron chi connectivity index (χ4n) is 2.48. The first-order chi connectivity index (χ1) is 5.38. The van der Waals surface area contributed by atoms with E-state index >= 15 is 0 Å². The quantitative estimate of drug-likeness (QED) is 0.521. The maximum absolute atomic E-state index is 11.1. The van der Waals surface area contributed by atoms with Crippen molar-refractivity contribution in [1.82, 2.24) is 0 Å². The van der Waals surface area contributed by atoms with Crippen molar-refractivity contribution in [1.29, 1.82) is 0 Å². The zero-order valence-electron chi connectivity index (χ0n) is 7.01. The third-order valence-electron chi connectivity index (χ3n) is 3.29. The summed E-state index contributed by atoms with van der Waals surface area (Å²) < 4.78 is 0. The van der Waals surface area contributed by atoms with Gasteiger partial charge in [0.15, 0.2) is 0 Å². The molecule has 0 amide bonds. The van der Waals surface area contributed by atoms with Gasteiger partial charge in [0.2, 0.25) is 0 Å². The van der Waals surface area contributed by atoms with Gasteiger partial charge in [0, 0.05) is 12.3 Å². The summed E-state index contributed by atoms with van der Waals surface area (Å²) in [5.41, 5.74) is 0. The molecule has 2 atom stereocenters. The first kappa shape index (κ1) is 7.33. The molecule has 0 N–H and O–H groups in total. The molecule has 0 spiro atoms. The number of carbonyl (C=O) groups is 1. The lowest BCUT2D eigenvalue weighted by Gasteiger charge is -2.36. The molecule has 2 saturated carbocycles. The summed E-state index contributed by atoms with van der Waals surface area (Å²) in [5, 5.41) is 0. The first-order valence-corrected chi connectivity index (χ1v) is 4.90. The fraction of sp³-hybridized carbons (Fsp3) is 0.900. The van der Waals surface area contributed by atoms with E-state index in [9.17, 15) is 4.79 Å². The van der Waals surface area contributed by atoms with Crippen molar-refractivity contribution in [3.8, 4) is 0 Å². The lowest BCUT2D eigenvalue weighted by Crippen LogP contribution is -2.37. The van der Waals surface area contributed by atoms with Crippen LogP contribution in [0.3, 0.4) is 0 Å². The van der Waals surface area contributed by atoms with Crippen LogP contribution < -0.4 is 0 Å². The van der Waals surface area contributed by atoms with E-state index in [1.54, 1.807) is 0 Å². The number of Topliss-reactive ketones (excluding diaryl/α,β-unsaturated/α-hetero) is 1. The average molecular weight is 152 g/mol. The molecule has 0 unspecified atom stereocenters. The minimum absolute atomic E-state index is 0.496. The lowest BCUT2D eigenvalue weighted by molar-refractivity contribution is -0.135. The molecular weight excluding hydrogens is 136 g/mol. The summed E-state index contributed by atoms with van der Waals surface area (Å²) in [7, 11) is 0. The van der Waals surface area contributed by atoms with Crippen molar-refractivity contribution in [2.75, 3.05) is 0 Å². The Kier molecular flexibility index (Phi) is 1.97. The Hall–Kier alpha value is -0.330. The molecule has 0 bridgehead atoms. The summed E-state index contributed by atoms with van der Waals surface area (Å²) in [6.07, 6.45) is 8.86. The summed E-state index contributed by atoms with van der Waals surface area (Å²) in [4.78, 5) is 11.1. The predicted molar refractivity (Wildman–Crippen MR) is 44.3 cm³/mol. The molecule has 1 nitrogen and oxygen atoms in total. The molecule has 0 saturated heterocycles. The van der Waals surface area contributed by atoms with Crippen LogP contribution in [0, 0.1) is 11.8 Å². The summed E-state index contributed by atoms with van der Waals surface area (Å²) in [6.45, 7) is 0. The zero-order chi connectivity index (χ0) is 7.68. The highest BCUT2D eigenvalue weighted by Crippen LogP contribution is 2.39. The van der Waals surface area contributed by atoms with E-state index in [4.69, 9.17) is 0 Å². The molecule has 0 heterocycles. The molecule has 2 aliphatic carbocycles. The second-order valence-corrected chi connectivity index (χ2v) is 4.03. The summed E-state index contributed by atoms with van der Waals surface area (Å²) in [6, 6.07) is 0. The number of fused-ring (bicyclic) bond motifs is 1. The average Bonchev–Trinajstić information content (AvgIpc) is 1.96. The zero-order valence-corrected chi connectivity index (χ0v) is 7.01. The van der Waals surface area contributed by atoms with E-state index in [0.717, 1.165) is 12.3 Å². The van der Waals surface area contributed by atoms with Gasteiger partial charge in [-0.05, 0) is 18.8 Å². The smallest absolute Gasteiger partial charge is 0.136 e. The van der Waals surface area contributed by atoms with Crippen molar-refractivity contribution < 1.29 is 4.79 Å². The maximum atomic E-state index is 11.1. The van der Waals surface area contributed by atoms with Gasteiger partial charge in [0.05, 0.1) is 0 Å². The molecule has 0 radical (unpaired) electrons. The lowest BCUT2D eigenvalue weighted by atomic mass is 9.67. The van der Waals surface area contributed by atoms with E-state index in [-0.39, 0.29) is 0 Å². The first-order valence-electron chi connectivity index (χ1n) is 4.90. The van der Waals surface area contributed by atoms with Gasteiger partial charge in [-0.25, -0.2) is 0 Å². The molecule has 62 valence electrons. The van der Waals surface area contributed by atoms with Crippen LogP contribution in [0.15, 0.2) is 0 Å². The van der Waals surface area contributed by atoms with Crippen LogP contribution in [-0.2, 0) is 4.79 Å². The van der Waals surface area contributed by atoms with Gasteiger partial charge in [0.25, 0.3) is 0 Å². The van der Waals surface area contributed by atoms with Gasteiger partial charge in [-0.15, -0.1) is 0 Å². The van der Waals surface area contributed by atoms with E-state index in [2.05, 4.69) is 0 Å². The van der Waals surface area contributed by atoms with E-state index in [1.165, 1.54) is 38.5 Å². The number of hydrogen-bond donors (Lipinski definition) is 0. The number of rotatable bonds is 0. The van der Waals surface area contributed by atoms with Gasteiger partial charge in [0.1, 0.15) is 5.78 Å². The van der Waals surface area contributed by atoms with Gasteiger partial charge >= 0.3 is 0 Å². The monoisotopic (exact) mass is 152 g/mol. The van der Waals surface area contributed by atoms with Crippen LogP contribution in [-0.4, -0.2) is 5.78 Å². The van der Waals surface area contributed by atoms with Crippen LogP contribution in [0.2, 0.25) is 0 Å². The van der Waals surface area contributed by atoms with E-state index in [0.29, 0.717) is 11.7 Å². The highest BCUT2D eigenvalue weighted by atomic mass is 16.1. The van der Waals surface area contributed by atoms with E-state index < -0.39 is 0 Å². The largest absolute Gasteiger partial charge is 0.299 e. The molecule has 1 heteroatoms. The van der Waals surface area contributed by atoms with Crippen LogP contribution in [0.25, 0.3) is 0 Å². The minimum Gasteiger partial charge on any atom is -0.299 e. The van der Waals surface area contributed by atoms with Crippen LogP contribution in [0.5, 0.6) is 0 Å². The van der Waals surface area contributed by atoms with Gasteiger partial charge in [-0.1, -0.05) is 25.7 Å². The molecule has 2 fully saturated rings. The Labute approximate surface area is 68.2 Å². The Bertz CT molecular complexity index is 162. The molecule has 2 aliphatic rings. The minimum atomic E-state index is 0.496. The Morgan fingerprint density at radius 2 is 1.73 bits per heavy atom. The standard InChI is InChI=1S/C10H16O/c11-10-7-8-5-3-1-2-4-6-9(8)10/h8-9H,1-7H2/t8-,9-/m0/s1. The van der Waals surface area contributed by atoms with E-state index in [1.807, 2.05) is 0 Å². The van der Waals surface area contributed by atoms with Crippen LogP contribution >= 0.6 is 0 Å². The molecule has 0 aromatic heterocycles. The fourth-order valence-corrected chi connectivity index (χ4v) is 2.48. The number of hydrogen-bond acceptors (Lipinski definition) is 1. The van der Waals surface area contributed by atoms with Crippen molar-refractivity contribution in [3.63, 3.8) is 0 Å². The van der Waals surface area contributed by atoms with Crippen LogP contribution in [0.4, 0.5) is 0 Å². The number of carbonyl (C=O) groups excluding carboxylic acids is 1. The molecule has 0 aliphatic heterocycles. The van der Waals surface area contributed by atoms with Gasteiger partial charge < -0.3 is 0 Å². The van der Waals surface area contributed by atoms with Crippen molar-refractivity contribution in [3.05, 3.63) is 0 Å². The molecule has 0 aromatic carbocycles. The molecule has 0 aromatic rings. The molecular formula is C10H16O. The SMILES string of the molecule is O=C1C[C@@H]2CCCCCC[C@H]12. The molecule has 2 rings (SSSR count). The van der Waals surface area contributed by atoms with Gasteiger partial charge in [-0.3, -0.25) is 4.79 Å². The van der Waals surface area contributed by atoms with Gasteiger partial charge in [-0.2, -0.15) is 0 Å². The third kappa shape index (κ3) is 1.33. The summed E-state index contributed by atoms with van der Waals surface area (Å²) >= 11 is 0. The maximum Gasteiger partial charge on any atom is 0.136 e. The normalized spacial score (nSPS) is 38.4. The molecule has 11 heavy (non-hydrogen) atoms. The predicted octanol–water partition coefficient (Wildman–Crippen LogP) is 2.55. The second-order valence-electron chi connectivity index (χ2n) is 4.03. The number of ketones is 1. The van der Waals surface area contributed by atoms with Crippen molar-refractivity contribution in [2.24, 2.45) is 11.8 Å². The Balaban J connectivity index is 1.92. The van der Waals surface area contributed by atoms with Crippen molar-refractivity contribution >= 4 is 5.78 Å². The highest BCUT2D eigenvalue weighted by Gasteiger charge is 2.38. The Morgan fingerprint density at radius 3 is 2.45 bits per heavy atom. The third-order valence-corrected chi connectivity index (χ3v) is 3.29. The highest BCUT2D eigenvalue weighted by molar-refractivity contribution is 5.87.